The summed E-state index contributed by atoms with van der Waals surface area (Å²) < 4.78 is 6.18. The molecule has 0 aliphatic rings. The number of hydrogen-bond acceptors (Lipinski definition) is 3. The van der Waals surface area contributed by atoms with Crippen molar-refractivity contribution in [3.63, 3.8) is 0 Å². The van der Waals surface area contributed by atoms with E-state index in [1.165, 1.54) is 5.56 Å². The maximum absolute atomic E-state index is 5.41. The van der Waals surface area contributed by atoms with Gasteiger partial charge in [-0.1, -0.05) is 0 Å². The van der Waals surface area contributed by atoms with E-state index in [1.54, 1.807) is 12.4 Å². The standard InChI is InChI=1S/C12H13BrN2O/c1-9(10-4-6-14-7-5-10)15-8-11-2-3-12(13)16-11/h2-7,9,15H,8H2,1H3/t9-/m0/s1. The largest absolute Gasteiger partial charge is 0.453 e. The van der Waals surface area contributed by atoms with Crippen LogP contribution in [0.1, 0.15) is 24.3 Å². The van der Waals surface area contributed by atoms with Gasteiger partial charge < -0.3 is 9.73 Å². The summed E-state index contributed by atoms with van der Waals surface area (Å²) in [5.41, 5.74) is 1.22. The molecule has 0 spiro atoms. The van der Waals surface area contributed by atoms with E-state index in [0.29, 0.717) is 0 Å². The third-order valence-electron chi connectivity index (χ3n) is 2.42. The fraction of sp³-hybridized carbons (Fsp3) is 0.250. The number of nitrogens with one attached hydrogen (secondary N) is 1. The van der Waals surface area contributed by atoms with Crippen LogP contribution in [0.25, 0.3) is 0 Å². The van der Waals surface area contributed by atoms with E-state index >= 15 is 0 Å². The summed E-state index contributed by atoms with van der Waals surface area (Å²) in [7, 11) is 0. The summed E-state index contributed by atoms with van der Waals surface area (Å²) in [6.45, 7) is 2.84. The van der Waals surface area contributed by atoms with Crippen LogP contribution in [0.4, 0.5) is 0 Å². The summed E-state index contributed by atoms with van der Waals surface area (Å²) in [5, 5.41) is 3.39. The second-order valence-electron chi connectivity index (χ2n) is 3.59. The Morgan fingerprint density at radius 1 is 1.31 bits per heavy atom. The second kappa shape index (κ2) is 5.27. The predicted octanol–water partition coefficient (Wildman–Crippen LogP) is 3.29. The summed E-state index contributed by atoms with van der Waals surface area (Å²) in [5.74, 6) is 0.924. The van der Waals surface area contributed by atoms with Crippen LogP contribution in [-0.2, 0) is 6.54 Å². The Morgan fingerprint density at radius 2 is 2.06 bits per heavy atom. The van der Waals surface area contributed by atoms with E-state index < -0.39 is 0 Å². The Morgan fingerprint density at radius 3 is 2.69 bits per heavy atom. The molecule has 0 fully saturated rings. The third kappa shape index (κ3) is 2.93. The summed E-state index contributed by atoms with van der Waals surface area (Å²) >= 11 is 3.28. The van der Waals surface area contributed by atoms with Crippen molar-refractivity contribution in [1.82, 2.24) is 10.3 Å². The van der Waals surface area contributed by atoms with Gasteiger partial charge in [-0.05, 0) is 52.7 Å². The predicted molar refractivity (Wildman–Crippen MR) is 65.9 cm³/mol. The van der Waals surface area contributed by atoms with Crippen molar-refractivity contribution in [3.05, 3.63) is 52.7 Å². The van der Waals surface area contributed by atoms with Gasteiger partial charge in [-0.15, -0.1) is 0 Å². The number of rotatable bonds is 4. The van der Waals surface area contributed by atoms with Gasteiger partial charge in [0, 0.05) is 18.4 Å². The van der Waals surface area contributed by atoms with Gasteiger partial charge >= 0.3 is 0 Å². The highest BCUT2D eigenvalue weighted by Crippen LogP contribution is 2.16. The number of aromatic nitrogens is 1. The maximum Gasteiger partial charge on any atom is 0.169 e. The number of pyridine rings is 1. The Hall–Kier alpha value is -1.13. The quantitative estimate of drug-likeness (QED) is 0.934. The Balaban J connectivity index is 1.91. The minimum Gasteiger partial charge on any atom is -0.453 e. The molecule has 0 aliphatic carbocycles. The summed E-state index contributed by atoms with van der Waals surface area (Å²) in [4.78, 5) is 4.00. The van der Waals surface area contributed by atoms with Crippen molar-refractivity contribution >= 4 is 15.9 Å². The molecule has 1 N–H and O–H groups in total. The molecule has 0 bridgehead atoms. The zero-order valence-corrected chi connectivity index (χ0v) is 10.6. The molecular weight excluding hydrogens is 268 g/mol. The molecule has 1 atom stereocenters. The summed E-state index contributed by atoms with van der Waals surface area (Å²) in [6, 6.07) is 8.16. The van der Waals surface area contributed by atoms with Gasteiger partial charge in [-0.3, -0.25) is 4.98 Å². The average molecular weight is 281 g/mol. The molecule has 2 rings (SSSR count). The minimum absolute atomic E-state index is 0.284. The lowest BCUT2D eigenvalue weighted by Crippen LogP contribution is -2.17. The molecule has 2 heterocycles. The molecule has 4 heteroatoms. The van der Waals surface area contributed by atoms with E-state index in [9.17, 15) is 0 Å². The molecule has 84 valence electrons. The average Bonchev–Trinajstić information content (AvgIpc) is 2.73. The Kier molecular flexibility index (Phi) is 3.74. The van der Waals surface area contributed by atoms with Gasteiger partial charge in [0.15, 0.2) is 4.67 Å². The molecule has 16 heavy (non-hydrogen) atoms. The van der Waals surface area contributed by atoms with Gasteiger partial charge in [-0.25, -0.2) is 0 Å². The number of nitrogens with zero attached hydrogens (tertiary/aromatic N) is 1. The van der Waals surface area contributed by atoms with Gasteiger partial charge in [-0.2, -0.15) is 0 Å². The zero-order chi connectivity index (χ0) is 11.4. The Bertz CT molecular complexity index is 441. The monoisotopic (exact) mass is 280 g/mol. The molecule has 3 nitrogen and oxygen atoms in total. The highest BCUT2D eigenvalue weighted by molar-refractivity contribution is 9.10. The molecule has 0 unspecified atom stereocenters. The first kappa shape index (κ1) is 11.4. The van der Waals surface area contributed by atoms with Crippen molar-refractivity contribution in [1.29, 1.82) is 0 Å². The van der Waals surface area contributed by atoms with Crippen LogP contribution in [0, 0.1) is 0 Å². The van der Waals surface area contributed by atoms with Crippen LogP contribution < -0.4 is 5.32 Å². The number of hydrogen-bond donors (Lipinski definition) is 1. The lowest BCUT2D eigenvalue weighted by atomic mass is 10.1. The second-order valence-corrected chi connectivity index (χ2v) is 4.37. The van der Waals surface area contributed by atoms with E-state index in [4.69, 9.17) is 4.42 Å². The molecule has 0 aliphatic heterocycles. The van der Waals surface area contributed by atoms with E-state index in [1.807, 2.05) is 24.3 Å². The van der Waals surface area contributed by atoms with Crippen molar-refractivity contribution < 1.29 is 4.42 Å². The van der Waals surface area contributed by atoms with Crippen LogP contribution in [0.15, 0.2) is 45.7 Å². The first-order chi connectivity index (χ1) is 7.75. The first-order valence-electron chi connectivity index (χ1n) is 5.13. The molecular formula is C12H13BrN2O. The fourth-order valence-corrected chi connectivity index (χ4v) is 1.81. The van der Waals surface area contributed by atoms with Crippen LogP contribution >= 0.6 is 15.9 Å². The summed E-state index contributed by atoms with van der Waals surface area (Å²) in [6.07, 6.45) is 3.61. The molecule has 0 saturated carbocycles. The Labute approximate surface area is 103 Å². The van der Waals surface area contributed by atoms with Crippen molar-refractivity contribution in [2.24, 2.45) is 0 Å². The van der Waals surface area contributed by atoms with Crippen molar-refractivity contribution in [3.8, 4) is 0 Å². The van der Waals surface area contributed by atoms with Crippen LogP contribution in [0.2, 0.25) is 0 Å². The van der Waals surface area contributed by atoms with Gasteiger partial charge in [0.2, 0.25) is 0 Å². The van der Waals surface area contributed by atoms with E-state index in [0.717, 1.165) is 17.0 Å². The van der Waals surface area contributed by atoms with Crippen LogP contribution in [-0.4, -0.2) is 4.98 Å². The van der Waals surface area contributed by atoms with Crippen molar-refractivity contribution in [2.45, 2.75) is 19.5 Å². The highest BCUT2D eigenvalue weighted by atomic mass is 79.9. The molecule has 0 saturated heterocycles. The number of halogens is 1. The smallest absolute Gasteiger partial charge is 0.169 e. The van der Waals surface area contributed by atoms with Crippen molar-refractivity contribution in [2.75, 3.05) is 0 Å². The molecule has 0 aromatic carbocycles. The molecule has 2 aromatic rings. The zero-order valence-electron chi connectivity index (χ0n) is 8.98. The lowest BCUT2D eigenvalue weighted by Gasteiger charge is -2.12. The molecule has 2 aromatic heterocycles. The number of furan rings is 1. The van der Waals surface area contributed by atoms with E-state index in [-0.39, 0.29) is 6.04 Å². The minimum atomic E-state index is 0.284. The van der Waals surface area contributed by atoms with Gasteiger partial charge in [0.25, 0.3) is 0 Å². The van der Waals surface area contributed by atoms with Gasteiger partial charge in [0.1, 0.15) is 5.76 Å². The first-order valence-corrected chi connectivity index (χ1v) is 5.92. The molecule has 0 radical (unpaired) electrons. The third-order valence-corrected chi connectivity index (χ3v) is 2.84. The van der Waals surface area contributed by atoms with Crippen LogP contribution in [0.5, 0.6) is 0 Å². The van der Waals surface area contributed by atoms with E-state index in [2.05, 4.69) is 33.2 Å². The highest BCUT2D eigenvalue weighted by Gasteiger charge is 2.05. The maximum atomic E-state index is 5.41. The lowest BCUT2D eigenvalue weighted by molar-refractivity contribution is 0.447. The topological polar surface area (TPSA) is 38.1 Å². The SMILES string of the molecule is C[C@H](NCc1ccc(Br)o1)c1ccncc1. The van der Waals surface area contributed by atoms with Gasteiger partial charge in [0.05, 0.1) is 6.54 Å². The normalized spacial score (nSPS) is 12.6. The fourth-order valence-electron chi connectivity index (χ4n) is 1.47. The molecule has 0 amide bonds. The van der Waals surface area contributed by atoms with Crippen LogP contribution in [0.3, 0.4) is 0 Å².